The Labute approximate surface area is 175 Å². The predicted molar refractivity (Wildman–Crippen MR) is 115 cm³/mol. The highest BCUT2D eigenvalue weighted by molar-refractivity contribution is 5.96. The number of aromatic nitrogens is 1. The van der Waals surface area contributed by atoms with E-state index in [1.807, 2.05) is 36.5 Å². The summed E-state index contributed by atoms with van der Waals surface area (Å²) >= 11 is 0. The molecule has 4 rings (SSSR count). The second-order valence-electron chi connectivity index (χ2n) is 7.94. The molecule has 1 unspecified atom stereocenters. The number of ether oxygens (including phenoxy) is 2. The zero-order valence-electron chi connectivity index (χ0n) is 17.5. The van der Waals surface area contributed by atoms with Crippen LogP contribution in [0.2, 0.25) is 0 Å². The van der Waals surface area contributed by atoms with Crippen LogP contribution >= 0.6 is 0 Å². The van der Waals surface area contributed by atoms with Gasteiger partial charge in [-0.25, -0.2) is 4.79 Å². The van der Waals surface area contributed by atoms with Gasteiger partial charge in [-0.3, -0.25) is 4.79 Å². The second-order valence-corrected chi connectivity index (χ2v) is 7.94. The summed E-state index contributed by atoms with van der Waals surface area (Å²) in [4.78, 5) is 28.2. The third-order valence-electron chi connectivity index (χ3n) is 5.63. The Hall–Kier alpha value is -3.28. The Morgan fingerprint density at radius 2 is 2.10 bits per heavy atom. The highest BCUT2D eigenvalue weighted by Crippen LogP contribution is 2.26. The van der Waals surface area contributed by atoms with Gasteiger partial charge in [0.15, 0.2) is 6.10 Å². The van der Waals surface area contributed by atoms with Gasteiger partial charge in [0.05, 0.1) is 12.7 Å². The summed E-state index contributed by atoms with van der Waals surface area (Å²) in [5.41, 5.74) is 4.69. The molecule has 0 saturated carbocycles. The summed E-state index contributed by atoms with van der Waals surface area (Å²) < 4.78 is 10.6. The Balaban J connectivity index is 1.39. The van der Waals surface area contributed by atoms with Crippen LogP contribution in [0.15, 0.2) is 42.6 Å². The van der Waals surface area contributed by atoms with Crippen LogP contribution in [0, 0.1) is 0 Å². The first-order chi connectivity index (χ1) is 14.5. The third kappa shape index (κ3) is 3.90. The summed E-state index contributed by atoms with van der Waals surface area (Å²) in [5, 5.41) is 4.01. The maximum absolute atomic E-state index is 12.6. The Kier molecular flexibility index (Phi) is 5.48. The fourth-order valence-electron chi connectivity index (χ4n) is 3.85. The van der Waals surface area contributed by atoms with E-state index in [4.69, 9.17) is 9.47 Å². The molecule has 30 heavy (non-hydrogen) atoms. The molecule has 1 aromatic heterocycles. The lowest BCUT2D eigenvalue weighted by atomic mass is 9.92. The van der Waals surface area contributed by atoms with Crippen molar-refractivity contribution in [3.63, 3.8) is 0 Å². The first-order valence-electron chi connectivity index (χ1n) is 10.2. The van der Waals surface area contributed by atoms with Crippen LogP contribution in [0.1, 0.15) is 46.8 Å². The van der Waals surface area contributed by atoms with Crippen LogP contribution in [0.5, 0.6) is 5.75 Å². The summed E-state index contributed by atoms with van der Waals surface area (Å²) in [7, 11) is 1.64. The largest absolute Gasteiger partial charge is 0.497 e. The summed E-state index contributed by atoms with van der Waals surface area (Å²) in [6.07, 6.45) is 2.23. The quantitative estimate of drug-likeness (QED) is 0.611. The molecule has 6 nitrogen and oxygen atoms in total. The van der Waals surface area contributed by atoms with Crippen LogP contribution < -0.4 is 10.1 Å². The van der Waals surface area contributed by atoms with E-state index in [1.165, 1.54) is 0 Å². The molecule has 2 heterocycles. The number of nitrogens with one attached hydrogen (secondary N) is 2. The topological polar surface area (TPSA) is 80.4 Å². The number of rotatable bonds is 6. The lowest BCUT2D eigenvalue weighted by Crippen LogP contribution is -2.42. The van der Waals surface area contributed by atoms with E-state index in [9.17, 15) is 9.59 Å². The van der Waals surface area contributed by atoms with Gasteiger partial charge in [-0.15, -0.1) is 0 Å². The zero-order chi connectivity index (χ0) is 21.3. The number of amides is 1. The fourth-order valence-corrected chi connectivity index (χ4v) is 3.85. The van der Waals surface area contributed by atoms with E-state index in [1.54, 1.807) is 13.2 Å². The van der Waals surface area contributed by atoms with Gasteiger partial charge in [0, 0.05) is 36.1 Å². The normalized spacial score (nSPS) is 15.7. The molecule has 1 atom stereocenters. The van der Waals surface area contributed by atoms with Crippen molar-refractivity contribution in [1.82, 2.24) is 10.3 Å². The van der Waals surface area contributed by atoms with Gasteiger partial charge in [0.25, 0.3) is 5.91 Å². The zero-order valence-corrected chi connectivity index (χ0v) is 17.5. The molecule has 1 aliphatic heterocycles. The van der Waals surface area contributed by atoms with Gasteiger partial charge < -0.3 is 19.8 Å². The number of cyclic esters (lactones) is 1. The smallest absolute Gasteiger partial charge is 0.339 e. The lowest BCUT2D eigenvalue weighted by Gasteiger charge is -2.24. The van der Waals surface area contributed by atoms with Crippen molar-refractivity contribution in [2.45, 2.75) is 38.7 Å². The minimum absolute atomic E-state index is 0.259. The highest BCUT2D eigenvalue weighted by atomic mass is 16.5. The lowest BCUT2D eigenvalue weighted by molar-refractivity contribution is -0.130. The summed E-state index contributed by atoms with van der Waals surface area (Å²) in [6, 6.07) is 11.6. The van der Waals surface area contributed by atoms with E-state index in [0.717, 1.165) is 33.3 Å². The minimum Gasteiger partial charge on any atom is -0.497 e. The number of H-pyrrole nitrogens is 1. The predicted octanol–water partition coefficient (Wildman–Crippen LogP) is 3.74. The minimum atomic E-state index is -0.792. The highest BCUT2D eigenvalue weighted by Gasteiger charge is 2.31. The summed E-state index contributed by atoms with van der Waals surface area (Å²) in [5.74, 6) is 0.462. The van der Waals surface area contributed by atoms with Crippen LogP contribution in [0.3, 0.4) is 0 Å². The van der Waals surface area contributed by atoms with Crippen molar-refractivity contribution >= 4 is 22.8 Å². The third-order valence-corrected chi connectivity index (χ3v) is 5.63. The molecule has 0 spiro atoms. The number of hydrogen-bond donors (Lipinski definition) is 2. The number of hydrogen-bond acceptors (Lipinski definition) is 4. The molecule has 0 saturated heterocycles. The molecule has 0 aliphatic carbocycles. The van der Waals surface area contributed by atoms with Crippen molar-refractivity contribution in [3.8, 4) is 5.75 Å². The van der Waals surface area contributed by atoms with E-state index in [0.29, 0.717) is 30.9 Å². The number of methoxy groups -OCH3 is 1. The molecule has 6 heteroatoms. The number of fused-ring (bicyclic) bond motifs is 2. The van der Waals surface area contributed by atoms with Gasteiger partial charge >= 0.3 is 5.97 Å². The van der Waals surface area contributed by atoms with Gasteiger partial charge in [0.2, 0.25) is 0 Å². The van der Waals surface area contributed by atoms with E-state index in [2.05, 4.69) is 24.1 Å². The second kappa shape index (κ2) is 8.22. The summed E-state index contributed by atoms with van der Waals surface area (Å²) in [6.45, 7) is 4.67. The van der Waals surface area contributed by atoms with Crippen molar-refractivity contribution in [3.05, 3.63) is 64.8 Å². The molecule has 156 valence electrons. The number of esters is 1. The Bertz CT molecular complexity index is 1100. The fraction of sp³-hybridized carbons (Fsp3) is 0.333. The molecule has 0 radical (unpaired) electrons. The molecule has 1 amide bonds. The monoisotopic (exact) mass is 406 g/mol. The van der Waals surface area contributed by atoms with E-state index >= 15 is 0 Å². The van der Waals surface area contributed by atoms with Gasteiger partial charge in [-0.2, -0.15) is 0 Å². The first kappa shape index (κ1) is 20.0. The van der Waals surface area contributed by atoms with E-state index < -0.39 is 12.1 Å². The van der Waals surface area contributed by atoms with Crippen LogP contribution in [0.25, 0.3) is 10.9 Å². The van der Waals surface area contributed by atoms with Crippen molar-refractivity contribution < 1.29 is 19.1 Å². The van der Waals surface area contributed by atoms with Gasteiger partial charge in [0.1, 0.15) is 5.75 Å². The van der Waals surface area contributed by atoms with Crippen LogP contribution in [0.4, 0.5) is 0 Å². The van der Waals surface area contributed by atoms with Crippen molar-refractivity contribution in [2.75, 3.05) is 13.7 Å². The number of carbonyl (C=O) groups is 2. The van der Waals surface area contributed by atoms with Gasteiger partial charge in [-0.1, -0.05) is 26.0 Å². The number of benzene rings is 2. The maximum atomic E-state index is 12.6. The van der Waals surface area contributed by atoms with Gasteiger partial charge in [-0.05, 0) is 47.2 Å². The average Bonchev–Trinajstić information content (AvgIpc) is 3.15. The molecular weight excluding hydrogens is 380 g/mol. The van der Waals surface area contributed by atoms with Crippen LogP contribution in [-0.2, 0) is 22.4 Å². The molecule has 0 bridgehead atoms. The molecule has 3 aromatic rings. The van der Waals surface area contributed by atoms with Crippen LogP contribution in [-0.4, -0.2) is 36.6 Å². The Morgan fingerprint density at radius 3 is 2.87 bits per heavy atom. The molecule has 2 N–H and O–H groups in total. The van der Waals surface area contributed by atoms with Crippen molar-refractivity contribution in [2.24, 2.45) is 0 Å². The first-order valence-corrected chi connectivity index (χ1v) is 10.2. The number of carbonyl (C=O) groups excluding carboxylic acids is 2. The molecule has 2 aromatic carbocycles. The SMILES string of the molecule is COc1ccc2c(CCNC(=O)C3Cc4cc(C(C)C)ccc4C(=O)O3)c[nH]c2c1. The van der Waals surface area contributed by atoms with E-state index in [-0.39, 0.29) is 5.91 Å². The average molecular weight is 406 g/mol. The molecular formula is C24H26N2O4. The molecule has 1 aliphatic rings. The maximum Gasteiger partial charge on any atom is 0.339 e. The standard InChI is InChI=1S/C24H26N2O4/c1-14(2)15-4-6-20-17(10-15)11-22(30-24(20)28)23(27)25-9-8-16-13-26-21-12-18(29-3)5-7-19(16)21/h4-7,10,12-14,22,26H,8-9,11H2,1-3H3,(H,25,27). The van der Waals surface area contributed by atoms with Crippen molar-refractivity contribution in [1.29, 1.82) is 0 Å². The molecule has 0 fully saturated rings. The Morgan fingerprint density at radius 1 is 1.27 bits per heavy atom. The number of aromatic amines is 1.